The molecule has 1 aromatic heterocycles. The predicted molar refractivity (Wildman–Crippen MR) is 103 cm³/mol. The van der Waals surface area contributed by atoms with Crippen molar-refractivity contribution in [1.82, 2.24) is 9.88 Å². The second-order valence-electron chi connectivity index (χ2n) is 7.05. The lowest BCUT2D eigenvalue weighted by Gasteiger charge is -2.18. The average Bonchev–Trinajstić information content (AvgIpc) is 2.99. The number of amides is 1. The second-order valence-corrected chi connectivity index (χ2v) is 7.05. The Morgan fingerprint density at radius 1 is 1.12 bits per heavy atom. The molecule has 0 aliphatic heterocycles. The Kier molecular flexibility index (Phi) is 4.11. The van der Waals surface area contributed by atoms with Crippen molar-refractivity contribution in [2.45, 2.75) is 32.7 Å². The van der Waals surface area contributed by atoms with Crippen LogP contribution in [-0.2, 0) is 13.0 Å². The molecule has 26 heavy (non-hydrogen) atoms. The SMILES string of the molecule is Cc1c(C(=O)N(C)Cc2cccc3ccccc23)[nH]c2c1C(=O)CCC2. The van der Waals surface area contributed by atoms with E-state index < -0.39 is 0 Å². The van der Waals surface area contributed by atoms with Crippen molar-refractivity contribution in [3.8, 4) is 0 Å². The lowest BCUT2D eigenvalue weighted by molar-refractivity contribution is 0.0779. The molecule has 1 N–H and O–H groups in total. The van der Waals surface area contributed by atoms with Gasteiger partial charge in [-0.25, -0.2) is 0 Å². The lowest BCUT2D eigenvalue weighted by atomic mass is 9.94. The highest BCUT2D eigenvalue weighted by molar-refractivity contribution is 6.04. The van der Waals surface area contributed by atoms with E-state index in [1.54, 1.807) is 4.90 Å². The van der Waals surface area contributed by atoms with Gasteiger partial charge in [0, 0.05) is 31.3 Å². The molecule has 4 nitrogen and oxygen atoms in total. The summed E-state index contributed by atoms with van der Waals surface area (Å²) in [6.07, 6.45) is 2.26. The molecule has 3 aromatic rings. The van der Waals surface area contributed by atoms with Gasteiger partial charge in [-0.2, -0.15) is 0 Å². The Morgan fingerprint density at radius 3 is 2.69 bits per heavy atom. The fourth-order valence-electron chi connectivity index (χ4n) is 3.94. The first-order valence-corrected chi connectivity index (χ1v) is 9.03. The maximum atomic E-state index is 13.0. The molecule has 0 fully saturated rings. The largest absolute Gasteiger partial charge is 0.354 e. The summed E-state index contributed by atoms with van der Waals surface area (Å²) >= 11 is 0. The van der Waals surface area contributed by atoms with Crippen LogP contribution >= 0.6 is 0 Å². The number of nitrogens with zero attached hydrogens (tertiary/aromatic N) is 1. The van der Waals surface area contributed by atoms with E-state index in [4.69, 9.17) is 0 Å². The Balaban J connectivity index is 1.64. The van der Waals surface area contributed by atoms with E-state index in [9.17, 15) is 9.59 Å². The fourth-order valence-corrected chi connectivity index (χ4v) is 3.94. The zero-order valence-electron chi connectivity index (χ0n) is 15.1. The smallest absolute Gasteiger partial charge is 0.270 e. The lowest BCUT2D eigenvalue weighted by Crippen LogP contribution is -2.27. The number of hydrogen-bond donors (Lipinski definition) is 1. The summed E-state index contributed by atoms with van der Waals surface area (Å²) in [5, 5.41) is 2.33. The van der Waals surface area contributed by atoms with Crippen molar-refractivity contribution >= 4 is 22.5 Å². The quantitative estimate of drug-likeness (QED) is 0.770. The van der Waals surface area contributed by atoms with Gasteiger partial charge in [0.05, 0.1) is 0 Å². The Morgan fingerprint density at radius 2 is 1.88 bits per heavy atom. The summed E-state index contributed by atoms with van der Waals surface area (Å²) in [5.41, 5.74) is 4.11. The van der Waals surface area contributed by atoms with Gasteiger partial charge in [-0.3, -0.25) is 9.59 Å². The van der Waals surface area contributed by atoms with Crippen LogP contribution in [0.4, 0.5) is 0 Å². The number of carbonyl (C=O) groups excluding carboxylic acids is 2. The number of hydrogen-bond acceptors (Lipinski definition) is 2. The minimum absolute atomic E-state index is 0.0716. The Hall–Kier alpha value is -2.88. The molecule has 4 heteroatoms. The van der Waals surface area contributed by atoms with Crippen LogP contribution in [0.25, 0.3) is 10.8 Å². The number of rotatable bonds is 3. The van der Waals surface area contributed by atoms with E-state index in [-0.39, 0.29) is 11.7 Å². The number of nitrogens with one attached hydrogen (secondary N) is 1. The number of aromatic amines is 1. The minimum atomic E-state index is -0.0716. The van der Waals surface area contributed by atoms with Crippen LogP contribution in [0.2, 0.25) is 0 Å². The van der Waals surface area contributed by atoms with E-state index in [0.29, 0.717) is 18.7 Å². The summed E-state index contributed by atoms with van der Waals surface area (Å²) in [7, 11) is 1.81. The molecule has 132 valence electrons. The summed E-state index contributed by atoms with van der Waals surface area (Å²) in [6, 6.07) is 14.4. The monoisotopic (exact) mass is 346 g/mol. The van der Waals surface area contributed by atoms with Gasteiger partial charge in [0.2, 0.25) is 0 Å². The molecule has 0 spiro atoms. The molecule has 0 bridgehead atoms. The summed E-state index contributed by atoms with van der Waals surface area (Å²) in [6.45, 7) is 2.40. The zero-order valence-corrected chi connectivity index (χ0v) is 15.1. The van der Waals surface area contributed by atoms with Gasteiger partial charge in [0.25, 0.3) is 5.91 Å². The highest BCUT2D eigenvalue weighted by Crippen LogP contribution is 2.27. The third-order valence-corrected chi connectivity index (χ3v) is 5.29. The molecule has 0 saturated heterocycles. The molecule has 0 unspecified atom stereocenters. The number of fused-ring (bicyclic) bond motifs is 2. The number of ketones is 1. The van der Waals surface area contributed by atoms with E-state index in [2.05, 4.69) is 29.2 Å². The predicted octanol–water partition coefficient (Wildman–Crippen LogP) is 4.27. The second kappa shape index (κ2) is 6.45. The topological polar surface area (TPSA) is 53.2 Å². The van der Waals surface area contributed by atoms with Crippen molar-refractivity contribution in [3.05, 3.63) is 70.5 Å². The summed E-state index contributed by atoms with van der Waals surface area (Å²) in [4.78, 5) is 30.2. The molecule has 0 radical (unpaired) electrons. The van der Waals surface area contributed by atoms with E-state index in [1.165, 1.54) is 5.39 Å². The van der Waals surface area contributed by atoms with Gasteiger partial charge in [0.1, 0.15) is 5.69 Å². The first-order chi connectivity index (χ1) is 12.6. The van der Waals surface area contributed by atoms with Crippen LogP contribution in [0.5, 0.6) is 0 Å². The molecule has 1 heterocycles. The third-order valence-electron chi connectivity index (χ3n) is 5.29. The molecule has 1 amide bonds. The van der Waals surface area contributed by atoms with Gasteiger partial charge in [-0.05, 0) is 41.7 Å². The molecular weight excluding hydrogens is 324 g/mol. The van der Waals surface area contributed by atoms with Crippen molar-refractivity contribution < 1.29 is 9.59 Å². The average molecular weight is 346 g/mol. The number of carbonyl (C=O) groups is 2. The summed E-state index contributed by atoms with van der Waals surface area (Å²) < 4.78 is 0. The van der Waals surface area contributed by atoms with Crippen molar-refractivity contribution in [2.75, 3.05) is 7.05 Å². The number of aryl methyl sites for hydroxylation is 1. The highest BCUT2D eigenvalue weighted by Gasteiger charge is 2.27. The number of H-pyrrole nitrogens is 1. The van der Waals surface area contributed by atoms with Gasteiger partial charge in [-0.15, -0.1) is 0 Å². The first-order valence-electron chi connectivity index (χ1n) is 9.03. The van der Waals surface area contributed by atoms with Gasteiger partial charge < -0.3 is 9.88 Å². The van der Waals surface area contributed by atoms with Crippen molar-refractivity contribution in [2.24, 2.45) is 0 Å². The number of Topliss-reactive ketones (excluding diaryl/α,β-unsaturated/α-hetero) is 1. The fraction of sp³-hybridized carbons (Fsp3) is 0.273. The van der Waals surface area contributed by atoms with Crippen LogP contribution in [0.3, 0.4) is 0 Å². The molecule has 0 atom stereocenters. The van der Waals surface area contributed by atoms with Crippen molar-refractivity contribution in [1.29, 1.82) is 0 Å². The number of benzene rings is 2. The Bertz CT molecular complexity index is 1010. The molecular formula is C22H22N2O2. The first kappa shape index (κ1) is 16.6. The van der Waals surface area contributed by atoms with Gasteiger partial charge in [0.15, 0.2) is 5.78 Å². The molecule has 1 aliphatic rings. The van der Waals surface area contributed by atoms with Crippen LogP contribution in [0.1, 0.15) is 50.5 Å². The molecule has 0 saturated carbocycles. The Labute approximate surface area is 152 Å². The summed E-state index contributed by atoms with van der Waals surface area (Å²) in [5.74, 6) is 0.0772. The minimum Gasteiger partial charge on any atom is -0.354 e. The zero-order chi connectivity index (χ0) is 18.3. The number of aromatic nitrogens is 1. The molecule has 4 rings (SSSR count). The van der Waals surface area contributed by atoms with Crippen LogP contribution in [-0.4, -0.2) is 28.6 Å². The van der Waals surface area contributed by atoms with Crippen molar-refractivity contribution in [3.63, 3.8) is 0 Å². The molecule has 2 aromatic carbocycles. The van der Waals surface area contributed by atoms with E-state index in [1.807, 2.05) is 32.2 Å². The standard InChI is InChI=1S/C22H22N2O2/c1-14-20-18(11-6-12-19(20)25)23-21(14)22(26)24(2)13-16-9-5-8-15-7-3-4-10-17(15)16/h3-5,7-10,23H,6,11-13H2,1-2H3. The van der Waals surface area contributed by atoms with E-state index >= 15 is 0 Å². The maximum absolute atomic E-state index is 13.0. The highest BCUT2D eigenvalue weighted by atomic mass is 16.2. The van der Waals surface area contributed by atoms with Crippen LogP contribution in [0, 0.1) is 6.92 Å². The van der Waals surface area contributed by atoms with Gasteiger partial charge >= 0.3 is 0 Å². The molecule has 1 aliphatic carbocycles. The van der Waals surface area contributed by atoms with Gasteiger partial charge in [-0.1, -0.05) is 42.5 Å². The normalized spacial score (nSPS) is 13.7. The van der Waals surface area contributed by atoms with Crippen LogP contribution < -0.4 is 0 Å². The van der Waals surface area contributed by atoms with Crippen LogP contribution in [0.15, 0.2) is 42.5 Å². The third kappa shape index (κ3) is 2.71. The maximum Gasteiger partial charge on any atom is 0.270 e. The van der Waals surface area contributed by atoms with E-state index in [0.717, 1.165) is 40.6 Å².